The van der Waals surface area contributed by atoms with Gasteiger partial charge >= 0.3 is 0 Å². The molecule has 0 aliphatic heterocycles. The van der Waals surface area contributed by atoms with E-state index in [-0.39, 0.29) is 11.9 Å². The van der Waals surface area contributed by atoms with Gasteiger partial charge in [-0.25, -0.2) is 4.39 Å². The van der Waals surface area contributed by atoms with Gasteiger partial charge in [-0.05, 0) is 40.5 Å². The van der Waals surface area contributed by atoms with Crippen LogP contribution in [0, 0.1) is 17.1 Å². The van der Waals surface area contributed by atoms with Crippen LogP contribution in [0.2, 0.25) is 0 Å². The largest absolute Gasteiger partial charge is 0.370 e. The summed E-state index contributed by atoms with van der Waals surface area (Å²) in [6.45, 7) is 1.90. The van der Waals surface area contributed by atoms with Crippen molar-refractivity contribution in [3.63, 3.8) is 0 Å². The van der Waals surface area contributed by atoms with Gasteiger partial charge in [0.25, 0.3) is 0 Å². The molecular formula is C10H10BrFN2. The van der Waals surface area contributed by atoms with Crippen molar-refractivity contribution in [3.05, 3.63) is 28.5 Å². The molecule has 1 atom stereocenters. The van der Waals surface area contributed by atoms with E-state index in [0.717, 1.165) is 0 Å². The summed E-state index contributed by atoms with van der Waals surface area (Å²) in [6.07, 6.45) is 0.689. The molecule has 0 fully saturated rings. The number of hydrogen-bond acceptors (Lipinski definition) is 2. The Morgan fingerprint density at radius 3 is 2.86 bits per heavy atom. The summed E-state index contributed by atoms with van der Waals surface area (Å²) in [5.41, 5.74) is 0.624. The van der Waals surface area contributed by atoms with Crippen molar-refractivity contribution in [2.45, 2.75) is 19.4 Å². The molecule has 74 valence electrons. The second-order valence-electron chi connectivity index (χ2n) is 2.86. The van der Waals surface area contributed by atoms with E-state index in [1.807, 2.05) is 6.92 Å². The number of hydrogen-bond donors (Lipinski definition) is 1. The molecule has 0 aliphatic carbocycles. The van der Waals surface area contributed by atoms with E-state index in [0.29, 0.717) is 16.6 Å². The third-order valence-electron chi connectivity index (χ3n) is 1.82. The summed E-state index contributed by atoms with van der Waals surface area (Å²) < 4.78 is 13.5. The average molecular weight is 257 g/mol. The minimum atomic E-state index is -0.331. The van der Waals surface area contributed by atoms with Crippen LogP contribution in [0.5, 0.6) is 0 Å². The zero-order valence-electron chi connectivity index (χ0n) is 7.72. The summed E-state index contributed by atoms with van der Waals surface area (Å²) in [4.78, 5) is 0. The molecule has 0 saturated carbocycles. The second kappa shape index (κ2) is 4.97. The maximum absolute atomic E-state index is 13.1. The lowest BCUT2D eigenvalue weighted by atomic mass is 10.2. The molecule has 0 aromatic heterocycles. The molecule has 14 heavy (non-hydrogen) atoms. The molecule has 0 heterocycles. The highest BCUT2D eigenvalue weighted by molar-refractivity contribution is 9.10. The number of halogens is 2. The van der Waals surface area contributed by atoms with Crippen molar-refractivity contribution in [2.75, 3.05) is 5.32 Å². The lowest BCUT2D eigenvalue weighted by molar-refractivity contribution is 0.621. The van der Waals surface area contributed by atoms with E-state index in [1.165, 1.54) is 6.07 Å². The summed E-state index contributed by atoms with van der Waals surface area (Å²) in [7, 11) is 0. The Hall–Kier alpha value is -1.08. The Kier molecular flexibility index (Phi) is 3.90. The van der Waals surface area contributed by atoms with Gasteiger partial charge in [-0.15, -0.1) is 0 Å². The van der Waals surface area contributed by atoms with E-state index < -0.39 is 0 Å². The Balaban J connectivity index is 2.78. The van der Waals surface area contributed by atoms with Crippen LogP contribution in [-0.2, 0) is 0 Å². The number of rotatable bonds is 3. The molecule has 1 aromatic carbocycles. The minimum Gasteiger partial charge on any atom is -0.370 e. The highest BCUT2D eigenvalue weighted by Crippen LogP contribution is 2.19. The van der Waals surface area contributed by atoms with Crippen LogP contribution < -0.4 is 5.32 Å². The molecule has 2 nitrogen and oxygen atoms in total. The first-order valence-corrected chi connectivity index (χ1v) is 5.08. The van der Waals surface area contributed by atoms with E-state index in [1.54, 1.807) is 12.1 Å². The number of nitrogens with zero attached hydrogens (tertiary/aromatic N) is 1. The fraction of sp³-hybridized carbons (Fsp3) is 0.300. The van der Waals surface area contributed by atoms with E-state index in [4.69, 9.17) is 5.26 Å². The van der Waals surface area contributed by atoms with E-state index in [2.05, 4.69) is 27.3 Å². The molecule has 1 N–H and O–H groups in total. The quantitative estimate of drug-likeness (QED) is 0.901. The molecular weight excluding hydrogens is 247 g/mol. The molecule has 1 rings (SSSR count). The summed E-state index contributed by atoms with van der Waals surface area (Å²) >= 11 is 3.06. The molecule has 0 amide bonds. The molecule has 1 aromatic rings. The van der Waals surface area contributed by atoms with Crippen molar-refractivity contribution in [3.8, 4) is 6.07 Å². The maximum atomic E-state index is 13.1. The highest BCUT2D eigenvalue weighted by atomic mass is 79.9. The fourth-order valence-corrected chi connectivity index (χ4v) is 1.26. The van der Waals surface area contributed by atoms with Gasteiger partial charge < -0.3 is 5.32 Å². The van der Waals surface area contributed by atoms with Crippen LogP contribution in [0.3, 0.4) is 0 Å². The number of anilines is 1. The van der Waals surface area contributed by atoms with Crippen LogP contribution in [0.15, 0.2) is 22.7 Å². The minimum absolute atomic E-state index is 0.268. The Bertz CT molecular complexity index is 360. The first-order chi connectivity index (χ1) is 6.67. The molecule has 0 radical (unpaired) electrons. The molecule has 4 heteroatoms. The van der Waals surface area contributed by atoms with Gasteiger partial charge in [-0.3, -0.25) is 0 Å². The van der Waals surface area contributed by atoms with Gasteiger partial charge in [0, 0.05) is 5.69 Å². The van der Waals surface area contributed by atoms with Crippen molar-refractivity contribution in [1.82, 2.24) is 0 Å². The van der Waals surface area contributed by atoms with Crippen molar-refractivity contribution >= 4 is 21.6 Å². The van der Waals surface area contributed by atoms with Crippen LogP contribution in [-0.4, -0.2) is 6.04 Å². The molecule has 0 spiro atoms. The summed E-state index contributed by atoms with van der Waals surface area (Å²) in [6, 6.07) is 6.53. The fourth-order valence-electron chi connectivity index (χ4n) is 1.01. The Morgan fingerprint density at radius 2 is 2.36 bits per heavy atom. The summed E-state index contributed by atoms with van der Waals surface area (Å²) in [5.74, 6) is -0.331. The van der Waals surface area contributed by atoms with Gasteiger partial charge in [0.15, 0.2) is 0 Å². The van der Waals surface area contributed by atoms with Gasteiger partial charge in [0.2, 0.25) is 0 Å². The molecule has 0 bridgehead atoms. The Morgan fingerprint density at radius 1 is 1.64 bits per heavy atom. The first-order valence-electron chi connectivity index (χ1n) is 4.28. The third-order valence-corrected chi connectivity index (χ3v) is 2.47. The maximum Gasteiger partial charge on any atom is 0.139 e. The lowest BCUT2D eigenvalue weighted by Crippen LogP contribution is -2.15. The second-order valence-corrected chi connectivity index (χ2v) is 3.72. The van der Waals surface area contributed by atoms with E-state index >= 15 is 0 Å². The monoisotopic (exact) mass is 256 g/mol. The SMILES string of the molecule is CCC(C#N)Nc1ccc(Br)c(F)c1. The van der Waals surface area contributed by atoms with Gasteiger partial charge in [0.05, 0.1) is 10.5 Å². The highest BCUT2D eigenvalue weighted by Gasteiger charge is 2.05. The van der Waals surface area contributed by atoms with Gasteiger partial charge in [-0.2, -0.15) is 5.26 Å². The lowest BCUT2D eigenvalue weighted by Gasteiger charge is -2.10. The van der Waals surface area contributed by atoms with Crippen LogP contribution >= 0.6 is 15.9 Å². The van der Waals surface area contributed by atoms with Gasteiger partial charge in [-0.1, -0.05) is 6.92 Å². The average Bonchev–Trinajstić information content (AvgIpc) is 2.19. The number of nitriles is 1. The predicted octanol–water partition coefficient (Wildman–Crippen LogP) is 3.30. The zero-order valence-corrected chi connectivity index (χ0v) is 9.31. The van der Waals surface area contributed by atoms with Crippen LogP contribution in [0.25, 0.3) is 0 Å². The van der Waals surface area contributed by atoms with Crippen LogP contribution in [0.4, 0.5) is 10.1 Å². The zero-order chi connectivity index (χ0) is 10.6. The third kappa shape index (κ3) is 2.71. The smallest absolute Gasteiger partial charge is 0.139 e. The Labute approximate surface area is 90.9 Å². The topological polar surface area (TPSA) is 35.8 Å². The molecule has 0 aliphatic rings. The normalized spacial score (nSPS) is 11.9. The predicted molar refractivity (Wildman–Crippen MR) is 57.4 cm³/mol. The van der Waals surface area contributed by atoms with Crippen molar-refractivity contribution in [1.29, 1.82) is 5.26 Å². The standard InChI is InChI=1S/C10H10BrFN2/c1-2-7(6-13)14-8-3-4-9(11)10(12)5-8/h3-5,7,14H,2H2,1H3. The van der Waals surface area contributed by atoms with Gasteiger partial charge in [0.1, 0.15) is 11.9 Å². The number of nitrogens with one attached hydrogen (secondary N) is 1. The molecule has 0 saturated heterocycles. The van der Waals surface area contributed by atoms with Crippen molar-refractivity contribution in [2.24, 2.45) is 0 Å². The first kappa shape index (κ1) is 11.0. The number of benzene rings is 1. The van der Waals surface area contributed by atoms with Crippen molar-refractivity contribution < 1.29 is 4.39 Å². The van der Waals surface area contributed by atoms with Crippen LogP contribution in [0.1, 0.15) is 13.3 Å². The van der Waals surface area contributed by atoms with E-state index in [9.17, 15) is 4.39 Å². The summed E-state index contributed by atoms with van der Waals surface area (Å²) in [5, 5.41) is 11.6. The molecule has 1 unspecified atom stereocenters.